The van der Waals surface area contributed by atoms with Crippen LogP contribution < -0.4 is 0 Å². The highest BCUT2D eigenvalue weighted by molar-refractivity contribution is 7.99. The maximum Gasteiger partial charge on any atom is 0.0937 e. The predicted molar refractivity (Wildman–Crippen MR) is 238 cm³/mol. The Labute approximate surface area is 338 Å². The van der Waals surface area contributed by atoms with Gasteiger partial charge < -0.3 is 9.13 Å². The third-order valence-corrected chi connectivity index (χ3v) is 13.6. The Morgan fingerprint density at radius 2 is 0.983 bits per heavy atom. The molecule has 4 nitrogen and oxygen atoms in total. The van der Waals surface area contributed by atoms with E-state index in [1.54, 1.807) is 0 Å². The molecule has 4 aromatic heterocycles. The van der Waals surface area contributed by atoms with Crippen LogP contribution in [0, 0.1) is 0 Å². The highest BCUT2D eigenvalue weighted by Crippen LogP contribution is 2.62. The fourth-order valence-electron chi connectivity index (χ4n) is 10.1. The third-order valence-electron chi connectivity index (χ3n) is 12.5. The first kappa shape index (κ1) is 31.9. The summed E-state index contributed by atoms with van der Waals surface area (Å²) in [6.45, 7) is 0. The van der Waals surface area contributed by atoms with Crippen molar-refractivity contribution >= 4 is 55.4 Å². The van der Waals surface area contributed by atoms with Gasteiger partial charge >= 0.3 is 0 Å². The standard InChI is InChI=1S/C53H32N4S/c1-2-13-35(14-3-1)56-47-22-10-6-17-39(47)40-29-33(24-26-48(40)56)34-30-44-52(55-32-34)51-42(19-12-28-54-51)53(44)41-18-7-11-23-49(41)58-50-27-25-36(31-43(50)53)57-45-20-8-4-15-37(45)38-16-5-9-21-46(38)57/h1-32H. The molecule has 0 radical (unpaired) electrons. The van der Waals surface area contributed by atoms with Crippen LogP contribution in [0.1, 0.15) is 22.3 Å². The van der Waals surface area contributed by atoms with E-state index in [2.05, 4.69) is 191 Å². The molecule has 13 rings (SSSR count). The monoisotopic (exact) mass is 756 g/mol. The first-order chi connectivity index (χ1) is 28.8. The van der Waals surface area contributed by atoms with Crippen LogP contribution >= 0.6 is 11.8 Å². The number of benzene rings is 7. The predicted octanol–water partition coefficient (Wildman–Crippen LogP) is 13.2. The normalized spacial score (nSPS) is 15.2. The summed E-state index contributed by atoms with van der Waals surface area (Å²) in [5.74, 6) is 0. The number of fused-ring (bicyclic) bond motifs is 15. The van der Waals surface area contributed by atoms with Crippen molar-refractivity contribution in [1.29, 1.82) is 0 Å². The lowest BCUT2D eigenvalue weighted by molar-refractivity contribution is 0.718. The maximum atomic E-state index is 5.34. The van der Waals surface area contributed by atoms with Crippen molar-refractivity contribution in [3.8, 4) is 33.9 Å². The van der Waals surface area contributed by atoms with Crippen molar-refractivity contribution in [1.82, 2.24) is 19.1 Å². The van der Waals surface area contributed by atoms with Gasteiger partial charge in [-0.2, -0.15) is 0 Å². The molecule has 7 aromatic carbocycles. The molecule has 1 aliphatic carbocycles. The zero-order valence-corrected chi connectivity index (χ0v) is 32.0. The van der Waals surface area contributed by atoms with Crippen LogP contribution in [-0.2, 0) is 5.41 Å². The summed E-state index contributed by atoms with van der Waals surface area (Å²) in [5, 5.41) is 4.96. The molecule has 1 unspecified atom stereocenters. The molecule has 0 saturated heterocycles. The average molecular weight is 757 g/mol. The Morgan fingerprint density at radius 3 is 1.76 bits per heavy atom. The van der Waals surface area contributed by atoms with Gasteiger partial charge in [0, 0.05) is 66.2 Å². The Hall–Kier alpha value is -7.21. The Kier molecular flexibility index (Phi) is 6.55. The summed E-state index contributed by atoms with van der Waals surface area (Å²) in [7, 11) is 0. The van der Waals surface area contributed by atoms with Gasteiger partial charge in [0.05, 0.1) is 38.9 Å². The van der Waals surface area contributed by atoms with E-state index >= 15 is 0 Å². The molecule has 1 aliphatic heterocycles. The second-order valence-corrected chi connectivity index (χ2v) is 16.4. The van der Waals surface area contributed by atoms with Crippen molar-refractivity contribution in [2.45, 2.75) is 15.2 Å². The van der Waals surface area contributed by atoms with Gasteiger partial charge in [-0.05, 0) is 101 Å². The van der Waals surface area contributed by atoms with Gasteiger partial charge in [-0.15, -0.1) is 0 Å². The van der Waals surface area contributed by atoms with Crippen LogP contribution in [0.5, 0.6) is 0 Å². The number of rotatable bonds is 3. The molecule has 0 fully saturated rings. The van der Waals surface area contributed by atoms with Gasteiger partial charge in [-0.1, -0.05) is 115 Å². The van der Waals surface area contributed by atoms with Crippen LogP contribution in [0.3, 0.4) is 0 Å². The molecule has 5 heterocycles. The largest absolute Gasteiger partial charge is 0.309 e. The Balaban J connectivity index is 1.08. The van der Waals surface area contributed by atoms with Crippen molar-refractivity contribution in [3.63, 3.8) is 0 Å². The number of hydrogen-bond donors (Lipinski definition) is 0. The minimum absolute atomic E-state index is 0.638. The van der Waals surface area contributed by atoms with E-state index in [0.29, 0.717) is 0 Å². The molecule has 2 aliphatic rings. The topological polar surface area (TPSA) is 35.6 Å². The molecular weight excluding hydrogens is 725 g/mol. The molecule has 0 bridgehead atoms. The van der Waals surface area contributed by atoms with Crippen LogP contribution in [0.2, 0.25) is 0 Å². The molecule has 0 amide bonds. The summed E-state index contributed by atoms with van der Waals surface area (Å²) in [5.41, 5.74) is 15.4. The van der Waals surface area contributed by atoms with Crippen molar-refractivity contribution < 1.29 is 0 Å². The lowest BCUT2D eigenvalue weighted by Crippen LogP contribution is -2.32. The van der Waals surface area contributed by atoms with Crippen LogP contribution in [0.4, 0.5) is 0 Å². The summed E-state index contributed by atoms with van der Waals surface area (Å²) >= 11 is 1.86. The lowest BCUT2D eigenvalue weighted by atomic mass is 9.67. The van der Waals surface area contributed by atoms with Gasteiger partial charge in [0.25, 0.3) is 0 Å². The summed E-state index contributed by atoms with van der Waals surface area (Å²) < 4.78 is 4.80. The van der Waals surface area contributed by atoms with Crippen LogP contribution in [-0.4, -0.2) is 19.1 Å². The van der Waals surface area contributed by atoms with Gasteiger partial charge in [-0.3, -0.25) is 9.97 Å². The van der Waals surface area contributed by atoms with E-state index < -0.39 is 5.41 Å². The molecule has 58 heavy (non-hydrogen) atoms. The number of para-hydroxylation sites is 4. The molecule has 1 spiro atoms. The van der Waals surface area contributed by atoms with Crippen molar-refractivity contribution in [2.24, 2.45) is 0 Å². The smallest absolute Gasteiger partial charge is 0.0937 e. The fraction of sp³-hybridized carbons (Fsp3) is 0.0189. The molecular formula is C53H32N4S. The zero-order valence-electron chi connectivity index (χ0n) is 31.2. The number of pyridine rings is 2. The highest BCUT2D eigenvalue weighted by Gasteiger charge is 2.52. The first-order valence-electron chi connectivity index (χ1n) is 19.7. The maximum absolute atomic E-state index is 5.34. The van der Waals surface area contributed by atoms with E-state index in [4.69, 9.17) is 9.97 Å². The average Bonchev–Trinajstić information content (AvgIpc) is 3.91. The van der Waals surface area contributed by atoms with Crippen LogP contribution in [0.25, 0.3) is 77.5 Å². The second kappa shape index (κ2) is 11.9. The van der Waals surface area contributed by atoms with Crippen LogP contribution in [0.15, 0.2) is 204 Å². The molecule has 270 valence electrons. The van der Waals surface area contributed by atoms with Gasteiger partial charge in [0.15, 0.2) is 0 Å². The van der Waals surface area contributed by atoms with E-state index in [1.165, 1.54) is 75.7 Å². The van der Waals surface area contributed by atoms with E-state index in [9.17, 15) is 0 Å². The molecule has 5 heteroatoms. The molecule has 0 saturated carbocycles. The fourth-order valence-corrected chi connectivity index (χ4v) is 11.3. The number of hydrogen-bond acceptors (Lipinski definition) is 3. The second-order valence-electron chi connectivity index (χ2n) is 15.3. The molecule has 0 N–H and O–H groups in total. The number of aromatic nitrogens is 4. The third kappa shape index (κ3) is 4.20. The Morgan fingerprint density at radius 1 is 0.379 bits per heavy atom. The SMILES string of the molecule is c1ccc(-n2c3ccccc3c3cc(-c4cnc5c(c4)C4(c6ccccc6Sc6ccc(-n7c8ccccc8c8ccccc87)cc64)c4cccnc4-5)ccc32)cc1. The highest BCUT2D eigenvalue weighted by atomic mass is 32.2. The summed E-state index contributed by atoms with van der Waals surface area (Å²) in [6.07, 6.45) is 3.96. The minimum Gasteiger partial charge on any atom is -0.309 e. The van der Waals surface area contributed by atoms with Crippen molar-refractivity contribution in [2.75, 3.05) is 0 Å². The quantitative estimate of drug-likeness (QED) is 0.180. The number of nitrogens with zero attached hydrogens (tertiary/aromatic N) is 4. The van der Waals surface area contributed by atoms with E-state index in [1.807, 2.05) is 24.2 Å². The molecule has 11 aromatic rings. The van der Waals surface area contributed by atoms with Gasteiger partial charge in [0.2, 0.25) is 0 Å². The molecule has 1 atom stereocenters. The van der Waals surface area contributed by atoms with Gasteiger partial charge in [-0.25, -0.2) is 0 Å². The van der Waals surface area contributed by atoms with Gasteiger partial charge in [0.1, 0.15) is 0 Å². The van der Waals surface area contributed by atoms with E-state index in [0.717, 1.165) is 33.9 Å². The zero-order chi connectivity index (χ0) is 38.0. The first-order valence-corrected chi connectivity index (χ1v) is 20.5. The summed E-state index contributed by atoms with van der Waals surface area (Å²) in [4.78, 5) is 12.9. The lowest BCUT2D eigenvalue weighted by Gasteiger charge is -2.39. The van der Waals surface area contributed by atoms with Crippen molar-refractivity contribution in [3.05, 3.63) is 217 Å². The Bertz CT molecular complexity index is 3450. The summed E-state index contributed by atoms with van der Waals surface area (Å²) in [6, 6.07) is 66.5. The minimum atomic E-state index is -0.638. The van der Waals surface area contributed by atoms with E-state index in [-0.39, 0.29) is 0 Å².